The average molecular weight is 319 g/mol. The highest BCUT2D eigenvalue weighted by Crippen LogP contribution is 2.29. The van der Waals surface area contributed by atoms with Gasteiger partial charge in [-0.15, -0.1) is 0 Å². The van der Waals surface area contributed by atoms with Crippen LogP contribution in [0.5, 0.6) is 5.75 Å². The van der Waals surface area contributed by atoms with Crippen molar-refractivity contribution in [2.24, 2.45) is 5.92 Å². The highest BCUT2D eigenvalue weighted by molar-refractivity contribution is 5.31. The number of ether oxygens (including phenoxy) is 1. The molecule has 2 heteroatoms. The van der Waals surface area contributed by atoms with E-state index in [1.54, 1.807) is 0 Å². The monoisotopic (exact) mass is 319 g/mol. The Morgan fingerprint density at radius 1 is 0.875 bits per heavy atom. The fourth-order valence-electron chi connectivity index (χ4n) is 3.83. The van der Waals surface area contributed by atoms with Crippen LogP contribution in [0, 0.1) is 5.92 Å². The number of hydrogen-bond acceptors (Lipinski definition) is 2. The van der Waals surface area contributed by atoms with Crippen molar-refractivity contribution in [2.45, 2.75) is 25.3 Å². The number of fused-ring (bicyclic) bond motifs is 2. The molecule has 2 unspecified atom stereocenters. The third-order valence-electron chi connectivity index (χ3n) is 5.20. The zero-order chi connectivity index (χ0) is 16.2. The number of benzene rings is 2. The second-order valence-corrected chi connectivity index (χ2v) is 6.94. The molecule has 1 aliphatic carbocycles. The molecule has 0 radical (unpaired) electrons. The number of nitrogens with zero attached hydrogens (tertiary/aromatic N) is 1. The van der Waals surface area contributed by atoms with Crippen LogP contribution in [0.25, 0.3) is 0 Å². The summed E-state index contributed by atoms with van der Waals surface area (Å²) in [5.74, 6) is 1.75. The van der Waals surface area contributed by atoms with Gasteiger partial charge in [0, 0.05) is 19.1 Å². The van der Waals surface area contributed by atoms with Crippen LogP contribution in [0.4, 0.5) is 0 Å². The van der Waals surface area contributed by atoms with Gasteiger partial charge in [-0.1, -0.05) is 54.6 Å². The van der Waals surface area contributed by atoms with Gasteiger partial charge in [-0.25, -0.2) is 0 Å². The molecule has 0 N–H and O–H groups in total. The topological polar surface area (TPSA) is 12.5 Å². The van der Waals surface area contributed by atoms with E-state index < -0.39 is 0 Å². The van der Waals surface area contributed by atoms with Gasteiger partial charge in [0.25, 0.3) is 0 Å². The molecule has 2 bridgehead atoms. The first-order valence-electron chi connectivity index (χ1n) is 9.05. The lowest BCUT2D eigenvalue weighted by molar-refractivity contribution is 0.115. The third-order valence-corrected chi connectivity index (χ3v) is 5.20. The average Bonchev–Trinajstić information content (AvgIpc) is 2.65. The van der Waals surface area contributed by atoms with Crippen LogP contribution in [-0.4, -0.2) is 30.6 Å². The van der Waals surface area contributed by atoms with Crippen molar-refractivity contribution in [3.05, 3.63) is 77.9 Å². The van der Waals surface area contributed by atoms with Gasteiger partial charge >= 0.3 is 0 Å². The quantitative estimate of drug-likeness (QED) is 0.736. The van der Waals surface area contributed by atoms with Gasteiger partial charge in [0.15, 0.2) is 0 Å². The summed E-state index contributed by atoms with van der Waals surface area (Å²) in [6, 6.07) is 19.8. The fourth-order valence-corrected chi connectivity index (χ4v) is 3.83. The minimum atomic E-state index is 0.645. The third kappa shape index (κ3) is 3.70. The molecule has 2 heterocycles. The van der Waals surface area contributed by atoms with Crippen LogP contribution in [0.15, 0.2) is 66.7 Å². The van der Waals surface area contributed by atoms with Crippen LogP contribution < -0.4 is 4.74 Å². The second-order valence-electron chi connectivity index (χ2n) is 6.94. The predicted octanol–water partition coefficient (Wildman–Crippen LogP) is 4.31. The summed E-state index contributed by atoms with van der Waals surface area (Å²) in [4.78, 5) is 2.57. The van der Waals surface area contributed by atoms with E-state index in [1.165, 1.54) is 30.5 Å². The Kier molecular flexibility index (Phi) is 4.66. The zero-order valence-electron chi connectivity index (χ0n) is 14.1. The van der Waals surface area contributed by atoms with Crippen molar-refractivity contribution in [1.29, 1.82) is 0 Å². The molecule has 2 aliphatic heterocycles. The molecule has 0 saturated carbocycles. The van der Waals surface area contributed by atoms with E-state index in [0.29, 0.717) is 6.04 Å². The van der Waals surface area contributed by atoms with E-state index in [0.717, 1.165) is 31.2 Å². The van der Waals surface area contributed by atoms with E-state index in [9.17, 15) is 0 Å². The Hall–Kier alpha value is -2.06. The standard InChI is InChI=1S/C22H25NO/c1-2-4-18(5-3-1)16-19-8-12-22(13-9-19)24-15-14-23-17-20-6-10-21(23)11-7-20/h1-6,8-10,12-13,20-21H,7,11,14-17H2. The predicted molar refractivity (Wildman–Crippen MR) is 98.4 cm³/mol. The Morgan fingerprint density at radius 2 is 1.67 bits per heavy atom. The highest BCUT2D eigenvalue weighted by Gasteiger charge is 2.29. The van der Waals surface area contributed by atoms with Gasteiger partial charge < -0.3 is 4.74 Å². The molecule has 0 aromatic heterocycles. The van der Waals surface area contributed by atoms with Crippen molar-refractivity contribution >= 4 is 0 Å². The molecule has 2 aromatic carbocycles. The van der Waals surface area contributed by atoms with Gasteiger partial charge in [0.05, 0.1) is 0 Å². The van der Waals surface area contributed by atoms with Crippen molar-refractivity contribution in [2.75, 3.05) is 19.7 Å². The van der Waals surface area contributed by atoms with Crippen LogP contribution in [-0.2, 0) is 6.42 Å². The van der Waals surface area contributed by atoms with Crippen molar-refractivity contribution < 1.29 is 4.74 Å². The lowest BCUT2D eigenvalue weighted by Gasteiger charge is -2.41. The molecular formula is C22H25NO. The second kappa shape index (κ2) is 7.23. The molecule has 0 spiro atoms. The van der Waals surface area contributed by atoms with Crippen LogP contribution in [0.2, 0.25) is 0 Å². The SMILES string of the molecule is C1=CC2CCC1CN2CCOc1ccc(Cc2ccccc2)cc1. The molecule has 1 saturated heterocycles. The van der Waals surface area contributed by atoms with E-state index >= 15 is 0 Å². The molecule has 5 rings (SSSR count). The summed E-state index contributed by atoms with van der Waals surface area (Å²) in [6.45, 7) is 3.01. The summed E-state index contributed by atoms with van der Waals surface area (Å²) in [5.41, 5.74) is 2.67. The molecule has 1 fully saturated rings. The Bertz CT molecular complexity index is 677. The number of hydrogen-bond donors (Lipinski definition) is 0. The van der Waals surface area contributed by atoms with Gasteiger partial charge in [0.1, 0.15) is 12.4 Å². The summed E-state index contributed by atoms with van der Waals surface area (Å²) in [6.07, 6.45) is 8.44. The van der Waals surface area contributed by atoms with E-state index in [1.807, 2.05) is 0 Å². The van der Waals surface area contributed by atoms with Gasteiger partial charge in [-0.3, -0.25) is 4.90 Å². The molecular weight excluding hydrogens is 294 g/mol. The van der Waals surface area contributed by atoms with Crippen molar-refractivity contribution in [3.8, 4) is 5.75 Å². The maximum Gasteiger partial charge on any atom is 0.119 e. The van der Waals surface area contributed by atoms with Gasteiger partial charge in [-0.2, -0.15) is 0 Å². The minimum Gasteiger partial charge on any atom is -0.492 e. The van der Waals surface area contributed by atoms with Crippen LogP contribution in [0.3, 0.4) is 0 Å². The largest absolute Gasteiger partial charge is 0.492 e. The summed E-state index contributed by atoms with van der Waals surface area (Å²) in [7, 11) is 0. The first kappa shape index (κ1) is 15.5. The van der Waals surface area contributed by atoms with E-state index in [-0.39, 0.29) is 0 Å². The molecule has 2 aromatic rings. The summed E-state index contributed by atoms with van der Waals surface area (Å²) >= 11 is 0. The van der Waals surface area contributed by atoms with Crippen molar-refractivity contribution in [1.82, 2.24) is 4.90 Å². The summed E-state index contributed by atoms with van der Waals surface area (Å²) < 4.78 is 5.96. The lowest BCUT2D eigenvalue weighted by atomic mass is 9.86. The molecule has 2 nitrogen and oxygen atoms in total. The highest BCUT2D eigenvalue weighted by atomic mass is 16.5. The number of rotatable bonds is 6. The Morgan fingerprint density at radius 3 is 2.33 bits per heavy atom. The van der Waals surface area contributed by atoms with Gasteiger partial charge in [-0.05, 0) is 48.4 Å². The lowest BCUT2D eigenvalue weighted by Crippen LogP contribution is -2.46. The molecule has 24 heavy (non-hydrogen) atoms. The molecule has 0 amide bonds. The maximum absolute atomic E-state index is 5.96. The zero-order valence-corrected chi connectivity index (χ0v) is 14.1. The maximum atomic E-state index is 5.96. The molecule has 124 valence electrons. The minimum absolute atomic E-state index is 0.645. The van der Waals surface area contributed by atoms with Crippen LogP contribution in [0.1, 0.15) is 24.0 Å². The smallest absolute Gasteiger partial charge is 0.119 e. The number of piperidine rings is 1. The first-order chi connectivity index (χ1) is 11.9. The summed E-state index contributed by atoms with van der Waals surface area (Å²) in [5, 5.41) is 0. The first-order valence-corrected chi connectivity index (χ1v) is 9.05. The molecule has 2 atom stereocenters. The fraction of sp³-hybridized carbons (Fsp3) is 0.364. The molecule has 3 aliphatic rings. The van der Waals surface area contributed by atoms with Crippen molar-refractivity contribution in [3.63, 3.8) is 0 Å². The Labute approximate surface area is 144 Å². The van der Waals surface area contributed by atoms with Gasteiger partial charge in [0.2, 0.25) is 0 Å². The normalized spacial score (nSPS) is 22.7. The Balaban J connectivity index is 1.26. The van der Waals surface area contributed by atoms with E-state index in [4.69, 9.17) is 4.74 Å². The van der Waals surface area contributed by atoms with E-state index in [2.05, 4.69) is 71.6 Å². The van der Waals surface area contributed by atoms with Crippen LogP contribution >= 0.6 is 0 Å².